The van der Waals surface area contributed by atoms with Crippen LogP contribution in [0.1, 0.15) is 24.1 Å². The van der Waals surface area contributed by atoms with Crippen LogP contribution in [0.25, 0.3) is 10.6 Å². The molecule has 0 bridgehead atoms. The van der Waals surface area contributed by atoms with Gasteiger partial charge in [0.1, 0.15) is 5.01 Å². The van der Waals surface area contributed by atoms with Crippen LogP contribution in [0.2, 0.25) is 0 Å². The Bertz CT molecular complexity index is 1040. The van der Waals surface area contributed by atoms with Gasteiger partial charge in [0.05, 0.1) is 12.1 Å². The van der Waals surface area contributed by atoms with Crippen LogP contribution in [0.4, 0.5) is 5.69 Å². The highest BCUT2D eigenvalue weighted by Gasteiger charge is 2.22. The molecule has 2 aromatic carbocycles. The average Bonchev–Trinajstić information content (AvgIpc) is 3.28. The second-order valence-electron chi connectivity index (χ2n) is 8.20. The summed E-state index contributed by atoms with van der Waals surface area (Å²) in [6, 6.07) is 18.0. The summed E-state index contributed by atoms with van der Waals surface area (Å²) in [5.41, 5.74) is 9.27. The Kier molecular flexibility index (Phi) is 7.29. The van der Waals surface area contributed by atoms with Gasteiger partial charge in [-0.2, -0.15) is 0 Å². The molecule has 1 fully saturated rings. The summed E-state index contributed by atoms with van der Waals surface area (Å²) >= 11 is 1.55. The first-order valence-electron chi connectivity index (χ1n) is 11.0. The van der Waals surface area contributed by atoms with E-state index in [0.717, 1.165) is 60.8 Å². The molecule has 1 saturated heterocycles. The molecule has 0 unspecified atom stereocenters. The summed E-state index contributed by atoms with van der Waals surface area (Å²) in [7, 11) is 0. The van der Waals surface area contributed by atoms with E-state index in [0.29, 0.717) is 0 Å². The van der Waals surface area contributed by atoms with Crippen molar-refractivity contribution < 1.29 is 9.59 Å². The molecule has 1 aliphatic rings. The van der Waals surface area contributed by atoms with E-state index in [2.05, 4.69) is 27.3 Å². The molecule has 1 aliphatic heterocycles. The number of aromatic nitrogens is 1. The lowest BCUT2D eigenvalue weighted by atomic mass is 9.96. The van der Waals surface area contributed by atoms with Crippen LogP contribution in [0, 0.1) is 5.92 Å². The summed E-state index contributed by atoms with van der Waals surface area (Å²) in [6.07, 6.45) is 2.90. The molecule has 2 heterocycles. The van der Waals surface area contributed by atoms with E-state index in [1.54, 1.807) is 11.3 Å². The van der Waals surface area contributed by atoms with E-state index in [4.69, 9.17) is 5.73 Å². The van der Waals surface area contributed by atoms with E-state index in [9.17, 15) is 9.59 Å². The Labute approximate surface area is 192 Å². The molecule has 0 radical (unpaired) electrons. The highest BCUT2D eigenvalue weighted by Crippen LogP contribution is 2.23. The minimum Gasteiger partial charge on any atom is -0.369 e. The van der Waals surface area contributed by atoms with Gasteiger partial charge in [-0.25, -0.2) is 4.98 Å². The van der Waals surface area contributed by atoms with Crippen molar-refractivity contribution in [3.8, 4) is 10.6 Å². The highest BCUT2D eigenvalue weighted by molar-refractivity contribution is 7.13. The number of piperidine rings is 1. The van der Waals surface area contributed by atoms with Crippen LogP contribution < -0.4 is 11.1 Å². The maximum absolute atomic E-state index is 12.4. The van der Waals surface area contributed by atoms with Crippen LogP contribution in [-0.4, -0.2) is 41.3 Å². The third-order valence-electron chi connectivity index (χ3n) is 5.86. The van der Waals surface area contributed by atoms with Crippen LogP contribution in [0.5, 0.6) is 0 Å². The summed E-state index contributed by atoms with van der Waals surface area (Å²) in [5.74, 6) is -0.211. The third kappa shape index (κ3) is 6.02. The number of nitrogens with zero attached hydrogens (tertiary/aromatic N) is 2. The van der Waals surface area contributed by atoms with Crippen LogP contribution in [-0.2, 0) is 22.4 Å². The van der Waals surface area contributed by atoms with Crippen LogP contribution in [0.3, 0.4) is 0 Å². The molecule has 2 amide bonds. The van der Waals surface area contributed by atoms with Gasteiger partial charge in [0.25, 0.3) is 0 Å². The highest BCUT2D eigenvalue weighted by atomic mass is 32.1. The van der Waals surface area contributed by atoms with Gasteiger partial charge in [-0.1, -0.05) is 42.5 Å². The molecule has 0 spiro atoms. The Morgan fingerprint density at radius 3 is 2.47 bits per heavy atom. The van der Waals surface area contributed by atoms with Crippen molar-refractivity contribution >= 4 is 28.8 Å². The summed E-state index contributed by atoms with van der Waals surface area (Å²) < 4.78 is 0. The lowest BCUT2D eigenvalue weighted by Crippen LogP contribution is -2.39. The molecule has 3 aromatic rings. The van der Waals surface area contributed by atoms with Gasteiger partial charge in [-0.15, -0.1) is 11.3 Å². The molecule has 0 saturated carbocycles. The molecule has 6 nitrogen and oxygen atoms in total. The first-order chi connectivity index (χ1) is 15.6. The number of carbonyl (C=O) groups is 2. The lowest BCUT2D eigenvalue weighted by Gasteiger charge is -2.30. The minimum atomic E-state index is -0.172. The third-order valence-corrected chi connectivity index (χ3v) is 6.80. The predicted molar refractivity (Wildman–Crippen MR) is 128 cm³/mol. The molecular formula is C25H28N4O2S. The normalized spacial score (nSPS) is 14.9. The number of primary amides is 1. The smallest absolute Gasteiger partial charge is 0.230 e. The average molecular weight is 449 g/mol. The molecule has 32 heavy (non-hydrogen) atoms. The van der Waals surface area contributed by atoms with E-state index < -0.39 is 0 Å². The van der Waals surface area contributed by atoms with Crippen LogP contribution in [0.15, 0.2) is 60.0 Å². The fraction of sp³-hybridized carbons (Fsp3) is 0.320. The fourth-order valence-electron chi connectivity index (χ4n) is 3.95. The van der Waals surface area contributed by atoms with E-state index in [-0.39, 0.29) is 24.2 Å². The Balaban J connectivity index is 1.23. The van der Waals surface area contributed by atoms with Crippen molar-refractivity contribution in [3.63, 3.8) is 0 Å². The predicted octanol–water partition coefficient (Wildman–Crippen LogP) is 3.73. The van der Waals surface area contributed by atoms with Crippen molar-refractivity contribution in [1.29, 1.82) is 0 Å². The molecule has 1 aromatic heterocycles. The summed E-state index contributed by atoms with van der Waals surface area (Å²) in [4.78, 5) is 30.7. The number of anilines is 1. The SMILES string of the molecule is NC(=O)C1CCN(CCc2ccc(NC(=O)Cc3csc(-c4ccccc4)n3)cc2)CC1. The van der Waals surface area contributed by atoms with Gasteiger partial charge in [0, 0.05) is 29.1 Å². The molecular weight excluding hydrogens is 420 g/mol. The summed E-state index contributed by atoms with van der Waals surface area (Å²) in [6.45, 7) is 2.81. The van der Waals surface area contributed by atoms with E-state index in [1.165, 1.54) is 5.56 Å². The van der Waals surface area contributed by atoms with Crippen LogP contribution >= 0.6 is 11.3 Å². The van der Waals surface area contributed by atoms with Gasteiger partial charge >= 0.3 is 0 Å². The molecule has 0 atom stereocenters. The standard InChI is InChI=1S/C25H28N4O2S/c26-24(31)19-11-14-29(15-12-19)13-10-18-6-8-21(9-7-18)27-23(30)16-22-17-32-25(28-22)20-4-2-1-3-5-20/h1-9,17,19H,10-16H2,(H2,26,31)(H,27,30). The Morgan fingerprint density at radius 2 is 1.78 bits per heavy atom. The van der Waals surface area contributed by atoms with Gasteiger partial charge in [0.15, 0.2) is 0 Å². The van der Waals surface area contributed by atoms with Crippen molar-refractivity contribution in [2.75, 3.05) is 25.0 Å². The zero-order valence-electron chi connectivity index (χ0n) is 18.0. The second-order valence-corrected chi connectivity index (χ2v) is 9.06. The quantitative estimate of drug-likeness (QED) is 0.550. The number of nitrogens with two attached hydrogens (primary N) is 1. The first-order valence-corrected chi connectivity index (χ1v) is 11.8. The maximum Gasteiger partial charge on any atom is 0.230 e. The zero-order valence-corrected chi connectivity index (χ0v) is 18.8. The monoisotopic (exact) mass is 448 g/mol. The molecule has 7 heteroatoms. The molecule has 3 N–H and O–H groups in total. The maximum atomic E-state index is 12.4. The molecule has 0 aliphatic carbocycles. The lowest BCUT2D eigenvalue weighted by molar-refractivity contribution is -0.123. The number of hydrogen-bond acceptors (Lipinski definition) is 5. The van der Waals surface area contributed by atoms with E-state index in [1.807, 2.05) is 47.8 Å². The van der Waals surface area contributed by atoms with Gasteiger partial charge < -0.3 is 16.0 Å². The number of hydrogen-bond donors (Lipinski definition) is 2. The second kappa shape index (κ2) is 10.5. The van der Waals surface area contributed by atoms with Crippen molar-refractivity contribution in [1.82, 2.24) is 9.88 Å². The van der Waals surface area contributed by atoms with Gasteiger partial charge in [-0.3, -0.25) is 9.59 Å². The number of rotatable bonds is 8. The van der Waals surface area contributed by atoms with Crippen molar-refractivity contribution in [2.24, 2.45) is 11.7 Å². The van der Waals surface area contributed by atoms with Gasteiger partial charge in [-0.05, 0) is 50.0 Å². The number of amides is 2. The zero-order chi connectivity index (χ0) is 22.3. The Hall–Kier alpha value is -3.03. The van der Waals surface area contributed by atoms with Crippen molar-refractivity contribution in [2.45, 2.75) is 25.7 Å². The summed E-state index contributed by atoms with van der Waals surface area (Å²) in [5, 5.41) is 5.83. The number of nitrogens with one attached hydrogen (secondary N) is 1. The molecule has 166 valence electrons. The number of thiazole rings is 1. The largest absolute Gasteiger partial charge is 0.369 e. The van der Waals surface area contributed by atoms with Crippen molar-refractivity contribution in [3.05, 3.63) is 71.2 Å². The molecule has 4 rings (SSSR count). The number of carbonyl (C=O) groups excluding carboxylic acids is 2. The topological polar surface area (TPSA) is 88.3 Å². The number of likely N-dealkylation sites (tertiary alicyclic amines) is 1. The minimum absolute atomic E-state index is 0.0309. The van der Waals surface area contributed by atoms with Gasteiger partial charge in [0.2, 0.25) is 11.8 Å². The fourth-order valence-corrected chi connectivity index (χ4v) is 4.78. The van der Waals surface area contributed by atoms with E-state index >= 15 is 0 Å². The Morgan fingerprint density at radius 1 is 1.06 bits per heavy atom. The number of benzene rings is 2. The first kappa shape index (κ1) is 22.2.